The van der Waals surface area contributed by atoms with E-state index in [0.717, 1.165) is 5.69 Å². The number of nitrogens with two attached hydrogens (primary N) is 1. The van der Waals surface area contributed by atoms with Gasteiger partial charge < -0.3 is 5.73 Å². The Hall–Kier alpha value is -2.00. The fourth-order valence-electron chi connectivity index (χ4n) is 1.34. The van der Waals surface area contributed by atoms with Crippen molar-refractivity contribution < 1.29 is 0 Å². The Bertz CT molecular complexity index is 540. The summed E-state index contributed by atoms with van der Waals surface area (Å²) in [5.41, 5.74) is 7.08. The van der Waals surface area contributed by atoms with Crippen molar-refractivity contribution in [2.45, 2.75) is 5.03 Å². The highest BCUT2D eigenvalue weighted by molar-refractivity contribution is 7.98. The maximum Gasteiger partial charge on any atom is 0.146 e. The quantitative estimate of drug-likeness (QED) is 0.791. The second-order valence-electron chi connectivity index (χ2n) is 3.00. The third-order valence-corrected chi connectivity index (χ3v) is 2.77. The van der Waals surface area contributed by atoms with Crippen molar-refractivity contribution in [3.8, 4) is 11.8 Å². The van der Waals surface area contributed by atoms with Crippen LogP contribution >= 0.6 is 11.8 Å². The summed E-state index contributed by atoms with van der Waals surface area (Å²) in [4.78, 5) is 3.92. The van der Waals surface area contributed by atoms with Gasteiger partial charge in [-0.05, 0) is 18.4 Å². The van der Waals surface area contributed by atoms with E-state index in [2.05, 4.69) is 16.2 Å². The Morgan fingerprint density at radius 2 is 2.12 bits per heavy atom. The highest BCUT2D eigenvalue weighted by Gasteiger charge is 2.15. The number of nitrogens with zero attached hydrogens (tertiary/aromatic N) is 4. The summed E-state index contributed by atoms with van der Waals surface area (Å²) in [6.45, 7) is 0. The number of nitriles is 1. The molecule has 0 aromatic carbocycles. The molecule has 5 nitrogen and oxygen atoms in total. The first-order valence-corrected chi connectivity index (χ1v) is 5.73. The average Bonchev–Trinajstić information content (AvgIpc) is 2.66. The SMILES string of the molecule is CSc1nn(-c2ccncc2)c(N)c1C#N. The van der Waals surface area contributed by atoms with E-state index in [1.807, 2.05) is 6.26 Å². The molecule has 80 valence electrons. The molecule has 2 aromatic heterocycles. The van der Waals surface area contributed by atoms with Gasteiger partial charge in [-0.1, -0.05) is 0 Å². The fraction of sp³-hybridized carbons (Fsp3) is 0.100. The molecule has 0 spiro atoms. The molecule has 0 saturated carbocycles. The number of hydrogen-bond donors (Lipinski definition) is 1. The Kier molecular flexibility index (Phi) is 2.79. The van der Waals surface area contributed by atoms with Crippen molar-refractivity contribution in [3.05, 3.63) is 30.1 Å². The predicted molar refractivity (Wildman–Crippen MR) is 62.3 cm³/mol. The molecule has 0 bridgehead atoms. The van der Waals surface area contributed by atoms with Crippen LogP contribution in [0.1, 0.15) is 5.56 Å². The smallest absolute Gasteiger partial charge is 0.146 e. The highest BCUT2D eigenvalue weighted by Crippen LogP contribution is 2.25. The van der Waals surface area contributed by atoms with Crippen molar-refractivity contribution in [2.75, 3.05) is 12.0 Å². The van der Waals surface area contributed by atoms with Crippen LogP contribution in [-0.4, -0.2) is 21.0 Å². The lowest BCUT2D eigenvalue weighted by atomic mass is 10.3. The number of rotatable bonds is 2. The first-order valence-electron chi connectivity index (χ1n) is 4.51. The van der Waals surface area contributed by atoms with Crippen LogP contribution in [0.3, 0.4) is 0 Å². The van der Waals surface area contributed by atoms with Crippen molar-refractivity contribution >= 4 is 17.6 Å². The number of hydrogen-bond acceptors (Lipinski definition) is 5. The van der Waals surface area contributed by atoms with Gasteiger partial charge in [0.2, 0.25) is 0 Å². The summed E-state index contributed by atoms with van der Waals surface area (Å²) in [6, 6.07) is 5.63. The van der Waals surface area contributed by atoms with Gasteiger partial charge in [0, 0.05) is 12.4 Å². The standard InChI is InChI=1S/C10H9N5S/c1-16-10-8(6-11)9(12)15(14-10)7-2-4-13-5-3-7/h2-5H,12H2,1H3. The van der Waals surface area contributed by atoms with Crippen molar-refractivity contribution in [1.29, 1.82) is 5.26 Å². The van der Waals surface area contributed by atoms with Gasteiger partial charge in [-0.3, -0.25) is 4.98 Å². The first-order chi connectivity index (χ1) is 7.77. The van der Waals surface area contributed by atoms with Crippen molar-refractivity contribution in [1.82, 2.24) is 14.8 Å². The van der Waals surface area contributed by atoms with Crippen LogP contribution in [0.4, 0.5) is 5.82 Å². The van der Waals surface area contributed by atoms with Crippen LogP contribution in [0.15, 0.2) is 29.6 Å². The molecule has 0 atom stereocenters. The maximum absolute atomic E-state index is 8.98. The van der Waals surface area contributed by atoms with Crippen molar-refractivity contribution in [3.63, 3.8) is 0 Å². The molecule has 0 aliphatic rings. The lowest BCUT2D eigenvalue weighted by Gasteiger charge is -2.01. The van der Waals surface area contributed by atoms with Gasteiger partial charge in [0.25, 0.3) is 0 Å². The van der Waals surface area contributed by atoms with Gasteiger partial charge in [-0.25, -0.2) is 4.68 Å². The summed E-state index contributed by atoms with van der Waals surface area (Å²) < 4.78 is 1.55. The maximum atomic E-state index is 8.98. The van der Waals surface area contributed by atoms with Gasteiger partial charge >= 0.3 is 0 Å². The van der Waals surface area contributed by atoms with Crippen LogP contribution in [0.25, 0.3) is 5.69 Å². The third-order valence-electron chi connectivity index (χ3n) is 2.10. The number of pyridine rings is 1. The highest BCUT2D eigenvalue weighted by atomic mass is 32.2. The predicted octanol–water partition coefficient (Wildman–Crippen LogP) is 1.44. The Morgan fingerprint density at radius 3 is 2.62 bits per heavy atom. The summed E-state index contributed by atoms with van der Waals surface area (Å²) in [5, 5.41) is 13.9. The van der Waals surface area contributed by atoms with Gasteiger partial charge in [0.1, 0.15) is 22.5 Å². The zero-order valence-electron chi connectivity index (χ0n) is 8.58. The molecule has 0 unspecified atom stereocenters. The summed E-state index contributed by atoms with van der Waals surface area (Å²) in [7, 11) is 0. The van der Waals surface area contributed by atoms with E-state index in [1.54, 1.807) is 29.2 Å². The lowest BCUT2D eigenvalue weighted by Crippen LogP contribution is -2.02. The van der Waals surface area contributed by atoms with E-state index in [0.29, 0.717) is 16.4 Å². The van der Waals surface area contributed by atoms with Crippen LogP contribution in [0.2, 0.25) is 0 Å². The zero-order valence-corrected chi connectivity index (χ0v) is 9.40. The van der Waals surface area contributed by atoms with Gasteiger partial charge in [-0.2, -0.15) is 10.4 Å². The molecule has 0 aliphatic carbocycles. The second-order valence-corrected chi connectivity index (χ2v) is 3.79. The number of anilines is 1. The number of thioether (sulfide) groups is 1. The van der Waals surface area contributed by atoms with Gasteiger partial charge in [0.05, 0.1) is 5.69 Å². The van der Waals surface area contributed by atoms with Crippen molar-refractivity contribution in [2.24, 2.45) is 0 Å². The molecule has 0 radical (unpaired) electrons. The molecule has 2 heterocycles. The summed E-state index contributed by atoms with van der Waals surface area (Å²) >= 11 is 1.40. The lowest BCUT2D eigenvalue weighted by molar-refractivity contribution is 0.844. The molecule has 2 rings (SSSR count). The van der Waals surface area contributed by atoms with Gasteiger partial charge in [-0.15, -0.1) is 11.8 Å². The molecule has 0 saturated heterocycles. The average molecular weight is 231 g/mol. The minimum absolute atomic E-state index is 0.359. The van der Waals surface area contributed by atoms with Crippen LogP contribution in [0.5, 0.6) is 0 Å². The molecule has 16 heavy (non-hydrogen) atoms. The first kappa shape index (κ1) is 10.5. The fourth-order valence-corrected chi connectivity index (χ4v) is 1.86. The minimum Gasteiger partial charge on any atom is -0.382 e. The molecular weight excluding hydrogens is 222 g/mol. The van der Waals surface area contributed by atoms with Crippen LogP contribution < -0.4 is 5.73 Å². The van der Waals surface area contributed by atoms with Crippen LogP contribution in [0, 0.1) is 11.3 Å². The van der Waals surface area contributed by atoms with E-state index in [1.165, 1.54) is 11.8 Å². The monoisotopic (exact) mass is 231 g/mol. The second kappa shape index (κ2) is 4.24. The normalized spacial score (nSPS) is 10.0. The van der Waals surface area contributed by atoms with E-state index in [-0.39, 0.29) is 0 Å². The van der Waals surface area contributed by atoms with Crippen LogP contribution in [-0.2, 0) is 0 Å². The molecular formula is C10H9N5S. The van der Waals surface area contributed by atoms with E-state index < -0.39 is 0 Å². The van der Waals surface area contributed by atoms with E-state index in [4.69, 9.17) is 11.0 Å². The van der Waals surface area contributed by atoms with E-state index in [9.17, 15) is 0 Å². The summed E-state index contributed by atoms with van der Waals surface area (Å²) in [5.74, 6) is 0.359. The molecule has 2 aromatic rings. The topological polar surface area (TPSA) is 80.5 Å². The zero-order chi connectivity index (χ0) is 11.5. The Morgan fingerprint density at radius 1 is 1.44 bits per heavy atom. The number of aromatic nitrogens is 3. The van der Waals surface area contributed by atoms with Gasteiger partial charge in [0.15, 0.2) is 0 Å². The van der Waals surface area contributed by atoms with E-state index >= 15 is 0 Å². The third kappa shape index (κ3) is 1.61. The Labute approximate surface area is 96.9 Å². The number of nitrogen functional groups attached to an aromatic ring is 1. The molecule has 6 heteroatoms. The molecule has 0 amide bonds. The molecule has 0 fully saturated rings. The largest absolute Gasteiger partial charge is 0.382 e. The Balaban J connectivity index is 2.60. The summed E-state index contributed by atoms with van der Waals surface area (Å²) in [6.07, 6.45) is 5.17. The minimum atomic E-state index is 0.359. The molecule has 2 N–H and O–H groups in total. The molecule has 0 aliphatic heterocycles.